The lowest BCUT2D eigenvalue weighted by atomic mass is 9.87. The van der Waals surface area contributed by atoms with Gasteiger partial charge in [-0.25, -0.2) is 0 Å². The second-order valence-electron chi connectivity index (χ2n) is 6.47. The molecule has 2 unspecified atom stereocenters. The van der Waals surface area contributed by atoms with Crippen LogP contribution in [0.25, 0.3) is 0 Å². The van der Waals surface area contributed by atoms with Gasteiger partial charge in [0.15, 0.2) is 0 Å². The van der Waals surface area contributed by atoms with Gasteiger partial charge in [-0.3, -0.25) is 4.79 Å². The van der Waals surface area contributed by atoms with Crippen molar-refractivity contribution in [3.63, 3.8) is 0 Å². The molecule has 1 aromatic rings. The molecule has 0 aromatic heterocycles. The molecule has 2 saturated heterocycles. The van der Waals surface area contributed by atoms with Gasteiger partial charge in [-0.1, -0.05) is 30.3 Å². The SMILES string of the molecule is CC1(C(=O)N2CCCC2Cc2ccccc2)CCNC1. The van der Waals surface area contributed by atoms with Crippen molar-refractivity contribution in [1.29, 1.82) is 0 Å². The number of benzene rings is 1. The summed E-state index contributed by atoms with van der Waals surface area (Å²) in [5.41, 5.74) is 1.16. The molecule has 2 aliphatic rings. The van der Waals surface area contributed by atoms with Crippen LogP contribution in [0.15, 0.2) is 30.3 Å². The van der Waals surface area contributed by atoms with Gasteiger partial charge in [-0.2, -0.15) is 0 Å². The van der Waals surface area contributed by atoms with E-state index in [4.69, 9.17) is 0 Å². The lowest BCUT2D eigenvalue weighted by molar-refractivity contribution is -0.141. The number of nitrogens with zero attached hydrogens (tertiary/aromatic N) is 1. The monoisotopic (exact) mass is 272 g/mol. The quantitative estimate of drug-likeness (QED) is 0.915. The number of rotatable bonds is 3. The number of hydrogen-bond acceptors (Lipinski definition) is 2. The van der Waals surface area contributed by atoms with Gasteiger partial charge >= 0.3 is 0 Å². The number of nitrogens with one attached hydrogen (secondary N) is 1. The third-order valence-electron chi connectivity index (χ3n) is 4.84. The van der Waals surface area contributed by atoms with Crippen LogP contribution in [0.5, 0.6) is 0 Å². The molecule has 2 fully saturated rings. The van der Waals surface area contributed by atoms with E-state index in [9.17, 15) is 4.79 Å². The zero-order valence-electron chi connectivity index (χ0n) is 12.3. The molecule has 0 spiro atoms. The molecule has 3 heteroatoms. The molecular formula is C17H24N2O. The van der Waals surface area contributed by atoms with E-state index in [1.165, 1.54) is 5.56 Å². The van der Waals surface area contributed by atoms with Gasteiger partial charge < -0.3 is 10.2 Å². The summed E-state index contributed by atoms with van der Waals surface area (Å²) in [5, 5.41) is 3.33. The van der Waals surface area contributed by atoms with Crippen molar-refractivity contribution < 1.29 is 4.79 Å². The Balaban J connectivity index is 1.71. The maximum atomic E-state index is 12.9. The van der Waals surface area contributed by atoms with E-state index in [0.717, 1.165) is 45.3 Å². The summed E-state index contributed by atoms with van der Waals surface area (Å²) in [6.45, 7) is 4.86. The Labute approximate surface area is 121 Å². The molecule has 2 aliphatic heterocycles. The Morgan fingerprint density at radius 2 is 2.20 bits per heavy atom. The Bertz CT molecular complexity index is 465. The van der Waals surface area contributed by atoms with E-state index in [0.29, 0.717) is 11.9 Å². The highest BCUT2D eigenvalue weighted by molar-refractivity contribution is 5.83. The van der Waals surface area contributed by atoms with Crippen LogP contribution in [0, 0.1) is 5.41 Å². The Hall–Kier alpha value is -1.35. The molecule has 2 atom stereocenters. The van der Waals surface area contributed by atoms with Crippen molar-refractivity contribution >= 4 is 5.91 Å². The summed E-state index contributed by atoms with van der Waals surface area (Å²) >= 11 is 0. The van der Waals surface area contributed by atoms with Crippen LogP contribution in [0.3, 0.4) is 0 Å². The minimum Gasteiger partial charge on any atom is -0.339 e. The summed E-state index contributed by atoms with van der Waals surface area (Å²) < 4.78 is 0. The smallest absolute Gasteiger partial charge is 0.230 e. The molecule has 0 bridgehead atoms. The standard InChI is InChI=1S/C17H24N2O/c1-17(9-10-18-13-17)16(20)19-11-5-8-15(19)12-14-6-3-2-4-7-14/h2-4,6-7,15,18H,5,8-13H2,1H3. The van der Waals surface area contributed by atoms with E-state index >= 15 is 0 Å². The molecule has 108 valence electrons. The fourth-order valence-corrected chi connectivity index (χ4v) is 3.55. The Morgan fingerprint density at radius 3 is 2.90 bits per heavy atom. The predicted octanol–water partition coefficient (Wildman–Crippen LogP) is 2.22. The molecule has 0 radical (unpaired) electrons. The van der Waals surface area contributed by atoms with Crippen LogP contribution in [0.2, 0.25) is 0 Å². The largest absolute Gasteiger partial charge is 0.339 e. The molecule has 20 heavy (non-hydrogen) atoms. The van der Waals surface area contributed by atoms with Crippen molar-refractivity contribution in [3.05, 3.63) is 35.9 Å². The fraction of sp³-hybridized carbons (Fsp3) is 0.588. The molecular weight excluding hydrogens is 248 g/mol. The van der Waals surface area contributed by atoms with Crippen LogP contribution in [0.4, 0.5) is 0 Å². The van der Waals surface area contributed by atoms with Gasteiger partial charge in [-0.05, 0) is 44.7 Å². The minimum absolute atomic E-state index is 0.181. The minimum atomic E-state index is -0.181. The molecule has 1 N–H and O–H groups in total. The van der Waals surface area contributed by atoms with Crippen LogP contribution in [-0.2, 0) is 11.2 Å². The van der Waals surface area contributed by atoms with E-state index in [1.54, 1.807) is 0 Å². The van der Waals surface area contributed by atoms with Crippen molar-refractivity contribution in [1.82, 2.24) is 10.2 Å². The van der Waals surface area contributed by atoms with Crippen LogP contribution in [-0.4, -0.2) is 36.5 Å². The normalized spacial score (nSPS) is 29.9. The van der Waals surface area contributed by atoms with Gasteiger partial charge in [0.25, 0.3) is 0 Å². The van der Waals surface area contributed by atoms with Gasteiger partial charge in [0.05, 0.1) is 5.41 Å². The van der Waals surface area contributed by atoms with E-state index in [2.05, 4.69) is 41.4 Å². The summed E-state index contributed by atoms with van der Waals surface area (Å²) in [4.78, 5) is 15.0. The summed E-state index contributed by atoms with van der Waals surface area (Å²) in [7, 11) is 0. The highest BCUT2D eigenvalue weighted by atomic mass is 16.2. The number of amides is 1. The summed E-state index contributed by atoms with van der Waals surface area (Å²) in [6.07, 6.45) is 4.26. The third-order valence-corrected chi connectivity index (χ3v) is 4.84. The zero-order chi connectivity index (χ0) is 14.0. The molecule has 3 nitrogen and oxygen atoms in total. The zero-order valence-corrected chi connectivity index (χ0v) is 12.3. The summed E-state index contributed by atoms with van der Waals surface area (Å²) in [6, 6.07) is 10.9. The first-order valence-corrected chi connectivity index (χ1v) is 7.75. The second-order valence-corrected chi connectivity index (χ2v) is 6.47. The van der Waals surface area contributed by atoms with Crippen LogP contribution < -0.4 is 5.32 Å². The molecule has 1 amide bonds. The Kier molecular flexibility index (Phi) is 3.79. The maximum absolute atomic E-state index is 12.9. The molecule has 3 rings (SSSR count). The first kappa shape index (κ1) is 13.6. The van der Waals surface area contributed by atoms with Gasteiger partial charge in [0, 0.05) is 19.1 Å². The third kappa shape index (κ3) is 2.59. The van der Waals surface area contributed by atoms with Gasteiger partial charge in [-0.15, -0.1) is 0 Å². The number of carbonyl (C=O) groups excluding carboxylic acids is 1. The Morgan fingerprint density at radius 1 is 1.40 bits per heavy atom. The first-order valence-electron chi connectivity index (χ1n) is 7.75. The molecule has 0 aliphatic carbocycles. The lowest BCUT2D eigenvalue weighted by Gasteiger charge is -2.32. The van der Waals surface area contributed by atoms with E-state index in [1.807, 2.05) is 6.07 Å². The van der Waals surface area contributed by atoms with Crippen molar-refractivity contribution in [2.24, 2.45) is 5.41 Å². The topological polar surface area (TPSA) is 32.3 Å². The van der Waals surface area contributed by atoms with Crippen LogP contribution >= 0.6 is 0 Å². The average Bonchev–Trinajstić information content (AvgIpc) is 3.09. The van der Waals surface area contributed by atoms with Crippen molar-refractivity contribution in [3.8, 4) is 0 Å². The number of hydrogen-bond donors (Lipinski definition) is 1. The molecule has 1 aromatic carbocycles. The lowest BCUT2D eigenvalue weighted by Crippen LogP contribution is -2.46. The van der Waals surface area contributed by atoms with E-state index < -0.39 is 0 Å². The average molecular weight is 272 g/mol. The highest BCUT2D eigenvalue weighted by Gasteiger charge is 2.42. The molecule has 0 saturated carbocycles. The number of carbonyl (C=O) groups is 1. The number of likely N-dealkylation sites (tertiary alicyclic amines) is 1. The fourth-order valence-electron chi connectivity index (χ4n) is 3.55. The summed E-state index contributed by atoms with van der Waals surface area (Å²) in [5.74, 6) is 0.362. The molecule has 2 heterocycles. The highest BCUT2D eigenvalue weighted by Crippen LogP contribution is 2.32. The first-order chi connectivity index (χ1) is 9.69. The van der Waals surface area contributed by atoms with Crippen molar-refractivity contribution in [2.75, 3.05) is 19.6 Å². The van der Waals surface area contributed by atoms with Gasteiger partial charge in [0.1, 0.15) is 0 Å². The second kappa shape index (κ2) is 5.57. The predicted molar refractivity (Wildman–Crippen MR) is 80.5 cm³/mol. The van der Waals surface area contributed by atoms with Crippen LogP contribution in [0.1, 0.15) is 31.7 Å². The maximum Gasteiger partial charge on any atom is 0.230 e. The van der Waals surface area contributed by atoms with E-state index in [-0.39, 0.29) is 5.41 Å². The van der Waals surface area contributed by atoms with Gasteiger partial charge in [0.2, 0.25) is 5.91 Å². The van der Waals surface area contributed by atoms with Crippen molar-refractivity contribution in [2.45, 2.75) is 38.6 Å².